The molecular formula is C13H17N5OS. The van der Waals surface area contributed by atoms with Crippen LogP contribution >= 0.6 is 11.3 Å². The van der Waals surface area contributed by atoms with E-state index in [0.717, 1.165) is 29.0 Å². The minimum absolute atomic E-state index is 0.104. The van der Waals surface area contributed by atoms with E-state index in [1.165, 1.54) is 4.88 Å². The van der Waals surface area contributed by atoms with Crippen molar-refractivity contribution >= 4 is 39.2 Å². The summed E-state index contributed by atoms with van der Waals surface area (Å²) in [7, 11) is 1.82. The van der Waals surface area contributed by atoms with Gasteiger partial charge in [-0.3, -0.25) is 4.79 Å². The van der Waals surface area contributed by atoms with Crippen LogP contribution in [0.4, 0.5) is 11.8 Å². The van der Waals surface area contributed by atoms with Crippen molar-refractivity contribution in [3.05, 3.63) is 10.9 Å². The van der Waals surface area contributed by atoms with Crippen molar-refractivity contribution < 1.29 is 4.79 Å². The van der Waals surface area contributed by atoms with Crippen molar-refractivity contribution in [1.29, 1.82) is 0 Å². The van der Waals surface area contributed by atoms with Crippen molar-refractivity contribution in [2.24, 2.45) is 0 Å². The number of aryl methyl sites for hydroxylation is 1. The number of thiophene rings is 1. The number of aromatic nitrogens is 2. The highest BCUT2D eigenvalue weighted by Crippen LogP contribution is 2.32. The number of nitrogens with zero attached hydrogens (tertiary/aromatic N) is 4. The number of fused-ring (bicyclic) bond motifs is 1. The first-order chi connectivity index (χ1) is 9.58. The lowest BCUT2D eigenvalue weighted by Gasteiger charge is -2.33. The van der Waals surface area contributed by atoms with E-state index in [2.05, 4.69) is 23.0 Å². The van der Waals surface area contributed by atoms with Gasteiger partial charge < -0.3 is 15.5 Å². The fourth-order valence-corrected chi connectivity index (χ4v) is 3.30. The second-order valence-electron chi connectivity index (χ2n) is 4.93. The monoisotopic (exact) mass is 291 g/mol. The smallest absolute Gasteiger partial charge is 0.241 e. The minimum atomic E-state index is 0.104. The standard InChI is InChI=1S/C13H17N5OS/c1-3-8-6-9-11(15-13(14)16-12(9)20-8)18-5-4-17(2)10(19)7-18/h6H,3-5,7H2,1-2H3,(H2,14,15,16). The van der Waals surface area contributed by atoms with Gasteiger partial charge in [-0.25, -0.2) is 4.98 Å². The van der Waals surface area contributed by atoms with Gasteiger partial charge in [0.05, 0.1) is 11.9 Å². The number of anilines is 2. The Labute approximate surface area is 121 Å². The van der Waals surface area contributed by atoms with E-state index in [4.69, 9.17) is 5.73 Å². The van der Waals surface area contributed by atoms with Gasteiger partial charge in [0.1, 0.15) is 10.6 Å². The Hall–Kier alpha value is -1.89. The molecule has 0 bridgehead atoms. The van der Waals surface area contributed by atoms with Crippen molar-refractivity contribution in [3.63, 3.8) is 0 Å². The van der Waals surface area contributed by atoms with Gasteiger partial charge in [0.25, 0.3) is 0 Å². The van der Waals surface area contributed by atoms with Gasteiger partial charge in [-0.1, -0.05) is 6.92 Å². The third-order valence-electron chi connectivity index (χ3n) is 3.55. The molecule has 0 aromatic carbocycles. The Bertz CT molecular complexity index is 668. The molecule has 1 saturated heterocycles. The van der Waals surface area contributed by atoms with E-state index in [1.54, 1.807) is 16.2 Å². The van der Waals surface area contributed by atoms with Crippen molar-refractivity contribution in [2.75, 3.05) is 37.3 Å². The maximum absolute atomic E-state index is 11.9. The lowest BCUT2D eigenvalue weighted by molar-refractivity contribution is -0.129. The molecule has 0 saturated carbocycles. The topological polar surface area (TPSA) is 75.3 Å². The summed E-state index contributed by atoms with van der Waals surface area (Å²) in [5.74, 6) is 1.15. The normalized spacial score (nSPS) is 16.2. The van der Waals surface area contributed by atoms with E-state index < -0.39 is 0 Å². The first-order valence-electron chi connectivity index (χ1n) is 6.63. The zero-order valence-electron chi connectivity index (χ0n) is 11.6. The van der Waals surface area contributed by atoms with Crippen LogP contribution in [0.25, 0.3) is 10.2 Å². The van der Waals surface area contributed by atoms with E-state index in [1.807, 2.05) is 11.9 Å². The summed E-state index contributed by atoms with van der Waals surface area (Å²) in [6, 6.07) is 2.11. The third kappa shape index (κ3) is 2.18. The average Bonchev–Trinajstić information content (AvgIpc) is 2.83. The Morgan fingerprint density at radius 2 is 2.20 bits per heavy atom. The van der Waals surface area contributed by atoms with Gasteiger partial charge in [-0.05, 0) is 12.5 Å². The number of piperazine rings is 1. The number of nitrogens with two attached hydrogens (primary N) is 1. The maximum Gasteiger partial charge on any atom is 0.241 e. The van der Waals surface area contributed by atoms with Gasteiger partial charge in [0.2, 0.25) is 11.9 Å². The van der Waals surface area contributed by atoms with Crippen molar-refractivity contribution in [1.82, 2.24) is 14.9 Å². The van der Waals surface area contributed by atoms with Gasteiger partial charge in [-0.2, -0.15) is 4.98 Å². The van der Waals surface area contributed by atoms with E-state index in [-0.39, 0.29) is 11.9 Å². The summed E-state index contributed by atoms with van der Waals surface area (Å²) in [5, 5.41) is 0.999. The molecule has 1 aliphatic rings. The van der Waals surface area contributed by atoms with Crippen LogP contribution < -0.4 is 10.6 Å². The number of carbonyl (C=O) groups excluding carboxylic acids is 1. The highest BCUT2D eigenvalue weighted by molar-refractivity contribution is 7.18. The summed E-state index contributed by atoms with van der Waals surface area (Å²) in [6.45, 7) is 3.93. The number of amides is 1. The van der Waals surface area contributed by atoms with Gasteiger partial charge in [-0.15, -0.1) is 11.3 Å². The zero-order valence-corrected chi connectivity index (χ0v) is 12.4. The predicted octanol–water partition coefficient (Wildman–Crippen LogP) is 1.11. The molecule has 0 radical (unpaired) electrons. The average molecular weight is 291 g/mol. The molecule has 0 spiro atoms. The molecule has 0 atom stereocenters. The molecule has 1 aliphatic heterocycles. The molecule has 1 amide bonds. The third-order valence-corrected chi connectivity index (χ3v) is 4.72. The van der Waals surface area contributed by atoms with E-state index in [0.29, 0.717) is 13.1 Å². The first kappa shape index (κ1) is 13.1. The molecule has 3 heterocycles. The number of hydrogen-bond donors (Lipinski definition) is 1. The number of rotatable bonds is 2. The summed E-state index contributed by atoms with van der Waals surface area (Å²) in [5.41, 5.74) is 5.81. The van der Waals surface area contributed by atoms with Crippen LogP contribution in [0.1, 0.15) is 11.8 Å². The molecule has 2 aromatic rings. The van der Waals surface area contributed by atoms with Crippen LogP contribution in [0.3, 0.4) is 0 Å². The number of hydrogen-bond acceptors (Lipinski definition) is 6. The minimum Gasteiger partial charge on any atom is -0.368 e. The fraction of sp³-hybridized carbons (Fsp3) is 0.462. The molecule has 106 valence electrons. The number of nitrogen functional groups attached to an aromatic ring is 1. The van der Waals surface area contributed by atoms with Crippen LogP contribution in [0, 0.1) is 0 Å². The quantitative estimate of drug-likeness (QED) is 0.897. The largest absolute Gasteiger partial charge is 0.368 e. The Kier molecular flexibility index (Phi) is 3.21. The molecule has 0 aliphatic carbocycles. The van der Waals surface area contributed by atoms with Crippen LogP contribution in [0.5, 0.6) is 0 Å². The fourth-order valence-electron chi connectivity index (χ4n) is 2.33. The van der Waals surface area contributed by atoms with Crippen LogP contribution in [0.2, 0.25) is 0 Å². The zero-order chi connectivity index (χ0) is 14.3. The maximum atomic E-state index is 11.9. The molecule has 3 rings (SSSR count). The highest BCUT2D eigenvalue weighted by atomic mass is 32.1. The SMILES string of the molecule is CCc1cc2c(N3CCN(C)C(=O)C3)nc(N)nc2s1. The summed E-state index contributed by atoms with van der Waals surface area (Å²) < 4.78 is 0. The summed E-state index contributed by atoms with van der Waals surface area (Å²) in [6.07, 6.45) is 0.960. The lowest BCUT2D eigenvalue weighted by Crippen LogP contribution is -2.48. The first-order valence-corrected chi connectivity index (χ1v) is 7.45. The lowest BCUT2D eigenvalue weighted by atomic mass is 10.2. The van der Waals surface area contributed by atoms with Gasteiger partial charge >= 0.3 is 0 Å². The molecule has 2 aromatic heterocycles. The van der Waals surface area contributed by atoms with Crippen LogP contribution in [0.15, 0.2) is 6.07 Å². The Morgan fingerprint density at radius 1 is 1.40 bits per heavy atom. The number of likely N-dealkylation sites (N-methyl/N-ethyl adjacent to an activating group) is 1. The molecule has 6 nitrogen and oxygen atoms in total. The van der Waals surface area contributed by atoms with E-state index >= 15 is 0 Å². The van der Waals surface area contributed by atoms with Crippen LogP contribution in [-0.4, -0.2) is 47.5 Å². The molecular weight excluding hydrogens is 274 g/mol. The Balaban J connectivity index is 2.06. The molecule has 20 heavy (non-hydrogen) atoms. The summed E-state index contributed by atoms with van der Waals surface area (Å²) in [4.78, 5) is 26.4. The molecule has 7 heteroatoms. The predicted molar refractivity (Wildman–Crippen MR) is 81.1 cm³/mol. The van der Waals surface area contributed by atoms with E-state index in [9.17, 15) is 4.79 Å². The second kappa shape index (κ2) is 4.90. The number of carbonyl (C=O) groups is 1. The van der Waals surface area contributed by atoms with Crippen molar-refractivity contribution in [2.45, 2.75) is 13.3 Å². The van der Waals surface area contributed by atoms with Gasteiger partial charge in [0, 0.05) is 25.0 Å². The summed E-state index contributed by atoms with van der Waals surface area (Å²) >= 11 is 1.64. The molecule has 0 unspecified atom stereocenters. The van der Waals surface area contributed by atoms with Crippen molar-refractivity contribution in [3.8, 4) is 0 Å². The second-order valence-corrected chi connectivity index (χ2v) is 6.04. The van der Waals surface area contributed by atoms with Crippen LogP contribution in [-0.2, 0) is 11.2 Å². The molecule has 1 fully saturated rings. The molecule has 2 N–H and O–H groups in total. The Morgan fingerprint density at radius 3 is 2.90 bits per heavy atom. The highest BCUT2D eigenvalue weighted by Gasteiger charge is 2.24. The van der Waals surface area contributed by atoms with Gasteiger partial charge in [0.15, 0.2) is 0 Å².